The Bertz CT molecular complexity index is 289. The molecule has 3 heteroatoms. The maximum atomic E-state index is 5.72. The second kappa shape index (κ2) is 5.14. The zero-order chi connectivity index (χ0) is 10.5. The van der Waals surface area contributed by atoms with Gasteiger partial charge in [0.2, 0.25) is 0 Å². The van der Waals surface area contributed by atoms with Crippen molar-refractivity contribution in [1.82, 2.24) is 5.32 Å². The van der Waals surface area contributed by atoms with Gasteiger partial charge in [-0.15, -0.1) is 0 Å². The van der Waals surface area contributed by atoms with Gasteiger partial charge in [0.05, 0.1) is 6.10 Å². The normalized spacial score (nSPS) is 26.2. The van der Waals surface area contributed by atoms with Crippen LogP contribution in [0.4, 0.5) is 0 Å². The van der Waals surface area contributed by atoms with Crippen molar-refractivity contribution in [3.8, 4) is 5.75 Å². The van der Waals surface area contributed by atoms with E-state index < -0.39 is 0 Å². The summed E-state index contributed by atoms with van der Waals surface area (Å²) < 4.78 is 11.3. The van der Waals surface area contributed by atoms with E-state index in [1.165, 1.54) is 0 Å². The first kappa shape index (κ1) is 10.5. The fraction of sp³-hybridized carbons (Fsp3) is 0.500. The summed E-state index contributed by atoms with van der Waals surface area (Å²) in [5, 5.41) is 3.32. The van der Waals surface area contributed by atoms with Crippen molar-refractivity contribution < 1.29 is 9.47 Å². The van der Waals surface area contributed by atoms with Crippen LogP contribution in [0, 0.1) is 0 Å². The molecule has 2 atom stereocenters. The Morgan fingerprint density at radius 1 is 1.33 bits per heavy atom. The largest absolute Gasteiger partial charge is 0.491 e. The monoisotopic (exact) mass is 207 g/mol. The number of morpholine rings is 1. The summed E-state index contributed by atoms with van der Waals surface area (Å²) >= 11 is 0. The second-order valence-corrected chi connectivity index (χ2v) is 3.85. The zero-order valence-corrected chi connectivity index (χ0v) is 8.98. The molecule has 82 valence electrons. The minimum absolute atomic E-state index is 0.161. The van der Waals surface area contributed by atoms with Gasteiger partial charge < -0.3 is 14.8 Å². The van der Waals surface area contributed by atoms with Gasteiger partial charge in [-0.1, -0.05) is 18.2 Å². The molecule has 1 heterocycles. The van der Waals surface area contributed by atoms with Gasteiger partial charge in [0.1, 0.15) is 18.5 Å². The van der Waals surface area contributed by atoms with E-state index in [0.29, 0.717) is 6.61 Å². The van der Waals surface area contributed by atoms with Crippen LogP contribution in [-0.2, 0) is 4.74 Å². The van der Waals surface area contributed by atoms with Gasteiger partial charge in [-0.2, -0.15) is 0 Å². The molecule has 0 aliphatic carbocycles. The molecule has 1 aromatic carbocycles. The van der Waals surface area contributed by atoms with Gasteiger partial charge in [-0.3, -0.25) is 0 Å². The van der Waals surface area contributed by atoms with E-state index in [2.05, 4.69) is 12.2 Å². The first-order chi connectivity index (χ1) is 7.34. The molecular formula is C12H17NO2. The first-order valence-electron chi connectivity index (χ1n) is 5.38. The van der Waals surface area contributed by atoms with Crippen molar-refractivity contribution >= 4 is 0 Å². The number of hydrogen-bond acceptors (Lipinski definition) is 3. The van der Waals surface area contributed by atoms with Crippen LogP contribution in [0.5, 0.6) is 5.75 Å². The van der Waals surface area contributed by atoms with E-state index in [4.69, 9.17) is 9.47 Å². The Balaban J connectivity index is 1.78. The van der Waals surface area contributed by atoms with Crippen LogP contribution < -0.4 is 10.1 Å². The predicted octanol–water partition coefficient (Wildman–Crippen LogP) is 1.44. The van der Waals surface area contributed by atoms with E-state index in [1.807, 2.05) is 30.3 Å². The third-order valence-corrected chi connectivity index (χ3v) is 2.41. The highest BCUT2D eigenvalue weighted by molar-refractivity contribution is 5.20. The molecule has 1 aromatic rings. The van der Waals surface area contributed by atoms with Crippen molar-refractivity contribution in [1.29, 1.82) is 0 Å². The Labute approximate surface area is 90.4 Å². The molecule has 1 N–H and O–H groups in total. The smallest absolute Gasteiger partial charge is 0.119 e. The van der Waals surface area contributed by atoms with Crippen molar-refractivity contribution in [3.05, 3.63) is 30.3 Å². The summed E-state index contributed by atoms with van der Waals surface area (Å²) in [6.07, 6.45) is 0.442. The lowest BCUT2D eigenvalue weighted by Crippen LogP contribution is -2.45. The van der Waals surface area contributed by atoms with E-state index in [-0.39, 0.29) is 12.2 Å². The third-order valence-electron chi connectivity index (χ3n) is 2.41. The van der Waals surface area contributed by atoms with E-state index in [9.17, 15) is 0 Å². The van der Waals surface area contributed by atoms with Crippen LogP contribution in [0.15, 0.2) is 30.3 Å². The summed E-state index contributed by atoms with van der Waals surface area (Å²) in [6.45, 7) is 4.49. The average molecular weight is 207 g/mol. The van der Waals surface area contributed by atoms with E-state index in [0.717, 1.165) is 18.8 Å². The first-order valence-corrected chi connectivity index (χ1v) is 5.38. The van der Waals surface area contributed by atoms with Crippen LogP contribution in [0.3, 0.4) is 0 Å². The predicted molar refractivity (Wildman–Crippen MR) is 59.1 cm³/mol. The molecule has 0 spiro atoms. The van der Waals surface area contributed by atoms with Crippen LogP contribution in [0.2, 0.25) is 0 Å². The number of hydrogen-bond donors (Lipinski definition) is 1. The van der Waals surface area contributed by atoms with Crippen molar-refractivity contribution in [2.75, 3.05) is 19.7 Å². The molecule has 0 amide bonds. The van der Waals surface area contributed by atoms with Crippen LogP contribution in [0.1, 0.15) is 6.92 Å². The molecule has 1 aliphatic rings. The van der Waals surface area contributed by atoms with Crippen LogP contribution >= 0.6 is 0 Å². The summed E-state index contributed by atoms with van der Waals surface area (Å²) in [4.78, 5) is 0. The number of rotatable bonds is 3. The minimum Gasteiger partial charge on any atom is -0.491 e. The van der Waals surface area contributed by atoms with Gasteiger partial charge >= 0.3 is 0 Å². The van der Waals surface area contributed by atoms with Crippen molar-refractivity contribution in [2.45, 2.75) is 19.1 Å². The van der Waals surface area contributed by atoms with Crippen molar-refractivity contribution in [2.24, 2.45) is 0 Å². The molecule has 2 rings (SSSR count). The van der Waals surface area contributed by atoms with Gasteiger partial charge in [-0.25, -0.2) is 0 Å². The highest BCUT2D eigenvalue weighted by Crippen LogP contribution is 2.10. The molecule has 0 radical (unpaired) electrons. The number of nitrogens with one attached hydrogen (secondary N) is 1. The second-order valence-electron chi connectivity index (χ2n) is 3.85. The summed E-state index contributed by atoms with van der Waals surface area (Å²) in [5.41, 5.74) is 0. The molecule has 2 unspecified atom stereocenters. The van der Waals surface area contributed by atoms with Crippen LogP contribution in [0.25, 0.3) is 0 Å². The number of benzene rings is 1. The molecule has 1 saturated heterocycles. The quantitative estimate of drug-likeness (QED) is 0.813. The molecule has 0 saturated carbocycles. The third kappa shape index (κ3) is 3.22. The fourth-order valence-electron chi connectivity index (χ4n) is 1.68. The lowest BCUT2D eigenvalue weighted by atomic mass is 10.2. The Hall–Kier alpha value is -1.06. The van der Waals surface area contributed by atoms with Gasteiger partial charge in [0.25, 0.3) is 0 Å². The van der Waals surface area contributed by atoms with Crippen molar-refractivity contribution in [3.63, 3.8) is 0 Å². The van der Waals surface area contributed by atoms with Gasteiger partial charge in [0.15, 0.2) is 0 Å². The lowest BCUT2D eigenvalue weighted by molar-refractivity contribution is -0.0470. The zero-order valence-electron chi connectivity index (χ0n) is 8.98. The molecule has 0 bridgehead atoms. The number of para-hydroxylation sites is 1. The van der Waals surface area contributed by atoms with Gasteiger partial charge in [0, 0.05) is 13.1 Å². The molecule has 0 aromatic heterocycles. The molecular weight excluding hydrogens is 190 g/mol. The lowest BCUT2D eigenvalue weighted by Gasteiger charge is -2.28. The standard InChI is InChI=1S/C12H17NO2/c1-10-7-13-8-12(15-10)9-14-11-5-3-2-4-6-11/h2-6,10,12-13H,7-9H2,1H3. The Kier molecular flexibility index (Phi) is 3.59. The molecule has 1 aliphatic heterocycles. The highest BCUT2D eigenvalue weighted by atomic mass is 16.5. The Morgan fingerprint density at radius 3 is 2.87 bits per heavy atom. The van der Waals surface area contributed by atoms with E-state index in [1.54, 1.807) is 0 Å². The SMILES string of the molecule is CC1CNCC(COc2ccccc2)O1. The summed E-state index contributed by atoms with van der Waals surface area (Å²) in [6, 6.07) is 9.84. The highest BCUT2D eigenvalue weighted by Gasteiger charge is 2.18. The molecule has 15 heavy (non-hydrogen) atoms. The van der Waals surface area contributed by atoms with Gasteiger partial charge in [-0.05, 0) is 19.1 Å². The molecule has 1 fully saturated rings. The maximum Gasteiger partial charge on any atom is 0.119 e. The molecule has 3 nitrogen and oxygen atoms in total. The van der Waals surface area contributed by atoms with E-state index >= 15 is 0 Å². The Morgan fingerprint density at radius 2 is 2.13 bits per heavy atom. The number of ether oxygens (including phenoxy) is 2. The summed E-state index contributed by atoms with van der Waals surface area (Å²) in [7, 11) is 0. The minimum atomic E-state index is 0.161. The average Bonchev–Trinajstić information content (AvgIpc) is 2.28. The maximum absolute atomic E-state index is 5.72. The topological polar surface area (TPSA) is 30.5 Å². The fourth-order valence-corrected chi connectivity index (χ4v) is 1.68. The van der Waals surface area contributed by atoms with Crippen LogP contribution in [-0.4, -0.2) is 31.9 Å². The summed E-state index contributed by atoms with van der Waals surface area (Å²) in [5.74, 6) is 0.902.